The number of rotatable bonds is 1. The van der Waals surface area contributed by atoms with Gasteiger partial charge in [-0.05, 0) is 27.2 Å². The topological polar surface area (TPSA) is 47.7 Å². The molecule has 1 unspecified atom stereocenters. The van der Waals surface area contributed by atoms with Crippen molar-refractivity contribution >= 4 is 5.95 Å². The largest absolute Gasteiger partial charge is 0.349 e. The molecule has 0 saturated carbocycles. The Kier molecular flexibility index (Phi) is 2.43. The van der Waals surface area contributed by atoms with Gasteiger partial charge in [-0.1, -0.05) is 0 Å². The van der Waals surface area contributed by atoms with E-state index in [1.54, 1.807) is 0 Å². The van der Waals surface area contributed by atoms with Crippen molar-refractivity contribution in [3.05, 3.63) is 28.8 Å². The number of imidazole rings is 1. The zero-order valence-corrected chi connectivity index (χ0v) is 11.4. The van der Waals surface area contributed by atoms with Gasteiger partial charge in [-0.2, -0.15) is 5.10 Å². The number of fused-ring (bicyclic) bond motifs is 1. The molecule has 0 fully saturated rings. The van der Waals surface area contributed by atoms with E-state index in [1.807, 2.05) is 18.7 Å². The molecule has 2 aromatic heterocycles. The van der Waals surface area contributed by atoms with Crippen molar-refractivity contribution in [1.82, 2.24) is 19.3 Å². The first-order chi connectivity index (χ1) is 8.56. The minimum Gasteiger partial charge on any atom is -0.349 e. The van der Waals surface area contributed by atoms with Gasteiger partial charge < -0.3 is 9.88 Å². The summed E-state index contributed by atoms with van der Waals surface area (Å²) >= 11 is 0. The maximum atomic E-state index is 4.52. The summed E-state index contributed by atoms with van der Waals surface area (Å²) in [4.78, 5) is 4.52. The SMILES string of the molecule is Cc1cn2c(n1)NC(c1c(C)nn(C)c1C)CC2. The highest BCUT2D eigenvalue weighted by Crippen LogP contribution is 2.31. The van der Waals surface area contributed by atoms with Crippen LogP contribution in [0.1, 0.15) is 35.1 Å². The van der Waals surface area contributed by atoms with Crippen molar-refractivity contribution < 1.29 is 0 Å². The average Bonchev–Trinajstić information content (AvgIpc) is 2.78. The predicted molar refractivity (Wildman–Crippen MR) is 70.6 cm³/mol. The molecule has 18 heavy (non-hydrogen) atoms. The summed E-state index contributed by atoms with van der Waals surface area (Å²) in [5, 5.41) is 8.02. The molecule has 96 valence electrons. The summed E-state index contributed by atoms with van der Waals surface area (Å²) in [5.41, 5.74) is 4.74. The first-order valence-corrected chi connectivity index (χ1v) is 6.36. The second kappa shape index (κ2) is 3.86. The Hall–Kier alpha value is -1.78. The van der Waals surface area contributed by atoms with E-state index in [4.69, 9.17) is 0 Å². The van der Waals surface area contributed by atoms with Crippen molar-refractivity contribution in [3.8, 4) is 0 Å². The maximum Gasteiger partial charge on any atom is 0.203 e. The van der Waals surface area contributed by atoms with Crippen LogP contribution in [-0.4, -0.2) is 19.3 Å². The van der Waals surface area contributed by atoms with Crippen LogP contribution in [0, 0.1) is 20.8 Å². The van der Waals surface area contributed by atoms with Crippen LogP contribution in [0.4, 0.5) is 5.95 Å². The normalized spacial score (nSPS) is 18.6. The molecule has 1 atom stereocenters. The van der Waals surface area contributed by atoms with Crippen LogP contribution in [0.15, 0.2) is 6.20 Å². The molecule has 1 aliphatic heterocycles. The van der Waals surface area contributed by atoms with E-state index in [-0.39, 0.29) is 0 Å². The van der Waals surface area contributed by atoms with E-state index >= 15 is 0 Å². The molecule has 5 nitrogen and oxygen atoms in total. The number of anilines is 1. The van der Waals surface area contributed by atoms with E-state index in [9.17, 15) is 0 Å². The van der Waals surface area contributed by atoms with Crippen LogP contribution in [0.3, 0.4) is 0 Å². The van der Waals surface area contributed by atoms with Gasteiger partial charge in [0.25, 0.3) is 0 Å². The monoisotopic (exact) mass is 245 g/mol. The fraction of sp³-hybridized carbons (Fsp3) is 0.538. The average molecular weight is 245 g/mol. The molecule has 1 N–H and O–H groups in total. The van der Waals surface area contributed by atoms with Gasteiger partial charge in [-0.15, -0.1) is 0 Å². The minimum absolute atomic E-state index is 0.327. The van der Waals surface area contributed by atoms with Crippen LogP contribution < -0.4 is 5.32 Å². The summed E-state index contributed by atoms with van der Waals surface area (Å²) in [6.07, 6.45) is 3.18. The molecular weight excluding hydrogens is 226 g/mol. The smallest absolute Gasteiger partial charge is 0.203 e. The zero-order valence-electron chi connectivity index (χ0n) is 11.4. The molecule has 0 bridgehead atoms. The van der Waals surface area contributed by atoms with Crippen molar-refractivity contribution in [2.24, 2.45) is 7.05 Å². The van der Waals surface area contributed by atoms with Gasteiger partial charge in [0.15, 0.2) is 0 Å². The van der Waals surface area contributed by atoms with Crippen LogP contribution in [0.25, 0.3) is 0 Å². The standard InChI is InChI=1S/C13H19N5/c1-8-7-18-6-5-11(15-13(18)14-8)12-9(2)16-17(4)10(12)3/h7,11H,5-6H2,1-4H3,(H,14,15). The van der Waals surface area contributed by atoms with E-state index in [1.165, 1.54) is 11.3 Å². The summed E-state index contributed by atoms with van der Waals surface area (Å²) in [5.74, 6) is 0.978. The Balaban J connectivity index is 1.96. The Morgan fingerprint density at radius 1 is 1.33 bits per heavy atom. The summed E-state index contributed by atoms with van der Waals surface area (Å²) in [6, 6.07) is 0.327. The molecule has 0 saturated heterocycles. The number of aromatic nitrogens is 4. The third-order valence-electron chi connectivity index (χ3n) is 3.77. The van der Waals surface area contributed by atoms with Crippen molar-refractivity contribution in [2.45, 2.75) is 39.8 Å². The Morgan fingerprint density at radius 3 is 2.78 bits per heavy atom. The van der Waals surface area contributed by atoms with E-state index in [0.717, 1.165) is 30.3 Å². The molecule has 0 radical (unpaired) electrons. The maximum absolute atomic E-state index is 4.52. The molecule has 0 amide bonds. The molecular formula is C13H19N5. The van der Waals surface area contributed by atoms with Gasteiger partial charge in [0.05, 0.1) is 17.4 Å². The van der Waals surface area contributed by atoms with Crippen molar-refractivity contribution in [2.75, 3.05) is 5.32 Å². The Morgan fingerprint density at radius 2 is 2.11 bits per heavy atom. The second-order valence-electron chi connectivity index (χ2n) is 5.09. The molecule has 0 spiro atoms. The number of nitrogens with one attached hydrogen (secondary N) is 1. The number of nitrogens with zero attached hydrogens (tertiary/aromatic N) is 4. The molecule has 0 aromatic carbocycles. The van der Waals surface area contributed by atoms with E-state index in [0.29, 0.717) is 6.04 Å². The molecule has 5 heteroatoms. The molecule has 3 rings (SSSR count). The molecule has 3 heterocycles. The van der Waals surface area contributed by atoms with Gasteiger partial charge in [-0.3, -0.25) is 4.68 Å². The lowest BCUT2D eigenvalue weighted by molar-refractivity contribution is 0.539. The Bertz CT molecular complexity index is 593. The van der Waals surface area contributed by atoms with Gasteiger partial charge in [0.1, 0.15) is 0 Å². The van der Waals surface area contributed by atoms with Gasteiger partial charge in [0, 0.05) is 31.0 Å². The lowest BCUT2D eigenvalue weighted by Crippen LogP contribution is -2.22. The molecule has 2 aromatic rings. The first-order valence-electron chi connectivity index (χ1n) is 6.36. The van der Waals surface area contributed by atoms with Gasteiger partial charge >= 0.3 is 0 Å². The Labute approximate surface area is 107 Å². The zero-order chi connectivity index (χ0) is 12.9. The number of aryl methyl sites for hydroxylation is 4. The highest BCUT2D eigenvalue weighted by molar-refractivity contribution is 5.39. The van der Waals surface area contributed by atoms with E-state index in [2.05, 4.69) is 40.0 Å². The van der Waals surface area contributed by atoms with Crippen LogP contribution in [0.5, 0.6) is 0 Å². The lowest BCUT2D eigenvalue weighted by Gasteiger charge is -2.26. The fourth-order valence-corrected chi connectivity index (χ4v) is 2.84. The number of hydrogen-bond donors (Lipinski definition) is 1. The highest BCUT2D eigenvalue weighted by atomic mass is 15.3. The highest BCUT2D eigenvalue weighted by Gasteiger charge is 2.25. The van der Waals surface area contributed by atoms with Crippen LogP contribution in [-0.2, 0) is 13.6 Å². The second-order valence-corrected chi connectivity index (χ2v) is 5.09. The third-order valence-corrected chi connectivity index (χ3v) is 3.77. The quantitative estimate of drug-likeness (QED) is 0.837. The van der Waals surface area contributed by atoms with Gasteiger partial charge in [0.2, 0.25) is 5.95 Å². The fourth-order valence-electron chi connectivity index (χ4n) is 2.84. The predicted octanol–water partition coefficient (Wildman–Crippen LogP) is 2.10. The first kappa shape index (κ1) is 11.3. The number of hydrogen-bond acceptors (Lipinski definition) is 3. The minimum atomic E-state index is 0.327. The van der Waals surface area contributed by atoms with Crippen molar-refractivity contribution in [1.29, 1.82) is 0 Å². The molecule has 0 aliphatic carbocycles. The summed E-state index contributed by atoms with van der Waals surface area (Å²) in [6.45, 7) is 7.25. The van der Waals surface area contributed by atoms with Crippen LogP contribution in [0.2, 0.25) is 0 Å². The third kappa shape index (κ3) is 1.62. The van der Waals surface area contributed by atoms with E-state index < -0.39 is 0 Å². The van der Waals surface area contributed by atoms with Crippen LogP contribution >= 0.6 is 0 Å². The molecule has 1 aliphatic rings. The lowest BCUT2D eigenvalue weighted by atomic mass is 10.0. The van der Waals surface area contributed by atoms with Crippen molar-refractivity contribution in [3.63, 3.8) is 0 Å². The summed E-state index contributed by atoms with van der Waals surface area (Å²) in [7, 11) is 2.00. The van der Waals surface area contributed by atoms with Gasteiger partial charge in [-0.25, -0.2) is 4.98 Å². The summed E-state index contributed by atoms with van der Waals surface area (Å²) < 4.78 is 4.14.